The monoisotopic (exact) mass is 358 g/mol. The Labute approximate surface area is 156 Å². The zero-order valence-corrected chi connectivity index (χ0v) is 15.1. The lowest BCUT2D eigenvalue weighted by molar-refractivity contribution is 0.355. The lowest BCUT2D eigenvalue weighted by Crippen LogP contribution is -2.07. The molecule has 0 amide bonds. The first-order valence-corrected chi connectivity index (χ1v) is 8.56. The van der Waals surface area contributed by atoms with Crippen LogP contribution in [0.15, 0.2) is 82.0 Å². The molecular formula is C23H18O4. The maximum absolute atomic E-state index is 13.3. The summed E-state index contributed by atoms with van der Waals surface area (Å²) in [6.45, 7) is 0. The van der Waals surface area contributed by atoms with Crippen molar-refractivity contribution < 1.29 is 13.9 Å². The molecule has 1 aromatic heterocycles. The third-order valence-corrected chi connectivity index (χ3v) is 4.51. The zero-order valence-electron chi connectivity index (χ0n) is 15.1. The number of ether oxygens (including phenoxy) is 2. The van der Waals surface area contributed by atoms with Crippen molar-refractivity contribution >= 4 is 11.0 Å². The summed E-state index contributed by atoms with van der Waals surface area (Å²) >= 11 is 0. The molecule has 4 rings (SSSR count). The smallest absolute Gasteiger partial charge is 0.201 e. The van der Waals surface area contributed by atoms with E-state index in [1.54, 1.807) is 32.4 Å². The lowest BCUT2D eigenvalue weighted by Gasteiger charge is -2.13. The molecule has 0 aliphatic rings. The van der Waals surface area contributed by atoms with E-state index in [1.165, 1.54) is 0 Å². The van der Waals surface area contributed by atoms with Crippen molar-refractivity contribution in [3.05, 3.63) is 83.0 Å². The summed E-state index contributed by atoms with van der Waals surface area (Å²) in [4.78, 5) is 13.3. The van der Waals surface area contributed by atoms with Gasteiger partial charge >= 0.3 is 0 Å². The van der Waals surface area contributed by atoms with Gasteiger partial charge in [0.2, 0.25) is 5.43 Å². The summed E-state index contributed by atoms with van der Waals surface area (Å²) in [6.07, 6.45) is 0. The summed E-state index contributed by atoms with van der Waals surface area (Å²) in [5.41, 5.74) is 2.57. The third-order valence-electron chi connectivity index (χ3n) is 4.51. The fraction of sp³-hybridized carbons (Fsp3) is 0.0870. The van der Waals surface area contributed by atoms with Crippen LogP contribution < -0.4 is 14.9 Å². The number of fused-ring (bicyclic) bond motifs is 1. The van der Waals surface area contributed by atoms with Gasteiger partial charge in [0.05, 0.1) is 25.2 Å². The first kappa shape index (κ1) is 16.9. The van der Waals surface area contributed by atoms with Crippen molar-refractivity contribution in [2.45, 2.75) is 0 Å². The van der Waals surface area contributed by atoms with E-state index >= 15 is 0 Å². The van der Waals surface area contributed by atoms with Crippen LogP contribution >= 0.6 is 0 Å². The molecule has 27 heavy (non-hydrogen) atoms. The van der Waals surface area contributed by atoms with E-state index in [0.29, 0.717) is 33.8 Å². The Morgan fingerprint density at radius 2 is 1.44 bits per heavy atom. The predicted octanol–water partition coefficient (Wildman–Crippen LogP) is 5.14. The maximum atomic E-state index is 13.3. The Morgan fingerprint density at radius 1 is 0.741 bits per heavy atom. The topological polar surface area (TPSA) is 48.7 Å². The summed E-state index contributed by atoms with van der Waals surface area (Å²) in [7, 11) is 3.17. The minimum absolute atomic E-state index is 0.0622. The quantitative estimate of drug-likeness (QED) is 0.506. The first-order valence-electron chi connectivity index (χ1n) is 8.56. The molecule has 0 saturated carbocycles. The minimum Gasteiger partial charge on any atom is -0.493 e. The Morgan fingerprint density at radius 3 is 2.19 bits per heavy atom. The van der Waals surface area contributed by atoms with E-state index in [0.717, 1.165) is 11.1 Å². The first-order chi connectivity index (χ1) is 13.2. The molecule has 3 aromatic carbocycles. The normalized spacial score (nSPS) is 10.7. The molecule has 0 bridgehead atoms. The molecule has 0 aliphatic carbocycles. The Bertz CT molecular complexity index is 1160. The SMILES string of the molecule is COc1ccc(-c2oc3ccccc3c(=O)c2-c2ccccc2)cc1OC. The van der Waals surface area contributed by atoms with Gasteiger partial charge in [-0.1, -0.05) is 42.5 Å². The maximum Gasteiger partial charge on any atom is 0.201 e. The average Bonchev–Trinajstić information content (AvgIpc) is 2.73. The molecule has 0 saturated heterocycles. The third kappa shape index (κ3) is 2.95. The van der Waals surface area contributed by atoms with Gasteiger partial charge in [-0.2, -0.15) is 0 Å². The van der Waals surface area contributed by atoms with E-state index in [1.807, 2.05) is 54.6 Å². The molecule has 4 aromatic rings. The minimum atomic E-state index is -0.0622. The Kier molecular flexibility index (Phi) is 4.38. The van der Waals surface area contributed by atoms with Crippen LogP contribution in [0.5, 0.6) is 11.5 Å². The van der Waals surface area contributed by atoms with Crippen LogP contribution in [0.25, 0.3) is 33.4 Å². The summed E-state index contributed by atoms with van der Waals surface area (Å²) in [6, 6.07) is 22.3. The van der Waals surface area contributed by atoms with Crippen LogP contribution in [-0.2, 0) is 0 Å². The van der Waals surface area contributed by atoms with E-state index in [9.17, 15) is 4.79 Å². The molecule has 0 spiro atoms. The van der Waals surface area contributed by atoms with E-state index in [4.69, 9.17) is 13.9 Å². The van der Waals surface area contributed by atoms with Crippen molar-refractivity contribution in [3.8, 4) is 33.9 Å². The molecule has 0 aliphatic heterocycles. The van der Waals surface area contributed by atoms with E-state index in [-0.39, 0.29) is 5.43 Å². The highest BCUT2D eigenvalue weighted by atomic mass is 16.5. The summed E-state index contributed by atoms with van der Waals surface area (Å²) < 4.78 is 16.9. The van der Waals surface area contributed by atoms with E-state index in [2.05, 4.69) is 0 Å². The Hall–Kier alpha value is -3.53. The number of hydrogen-bond donors (Lipinski definition) is 0. The fourth-order valence-electron chi connectivity index (χ4n) is 3.19. The molecule has 1 heterocycles. The highest BCUT2D eigenvalue weighted by molar-refractivity contribution is 5.89. The number of benzene rings is 3. The van der Waals surface area contributed by atoms with Crippen LogP contribution in [-0.4, -0.2) is 14.2 Å². The van der Waals surface area contributed by atoms with Gasteiger partial charge in [-0.05, 0) is 35.9 Å². The van der Waals surface area contributed by atoms with Crippen LogP contribution in [0.2, 0.25) is 0 Å². The van der Waals surface area contributed by atoms with Crippen molar-refractivity contribution in [1.29, 1.82) is 0 Å². The number of hydrogen-bond acceptors (Lipinski definition) is 4. The fourth-order valence-corrected chi connectivity index (χ4v) is 3.19. The number of methoxy groups -OCH3 is 2. The van der Waals surface area contributed by atoms with Crippen LogP contribution in [0.4, 0.5) is 0 Å². The number of para-hydroxylation sites is 1. The molecule has 4 nitrogen and oxygen atoms in total. The van der Waals surface area contributed by atoms with Gasteiger partial charge in [-0.3, -0.25) is 4.79 Å². The van der Waals surface area contributed by atoms with Crippen LogP contribution in [0.3, 0.4) is 0 Å². The van der Waals surface area contributed by atoms with Crippen molar-refractivity contribution in [1.82, 2.24) is 0 Å². The molecule has 0 unspecified atom stereocenters. The second-order valence-electron chi connectivity index (χ2n) is 6.07. The van der Waals surface area contributed by atoms with Gasteiger partial charge in [-0.25, -0.2) is 0 Å². The van der Waals surface area contributed by atoms with Crippen molar-refractivity contribution in [3.63, 3.8) is 0 Å². The molecule has 0 radical (unpaired) electrons. The molecule has 134 valence electrons. The highest BCUT2D eigenvalue weighted by Crippen LogP contribution is 2.37. The van der Waals surface area contributed by atoms with Crippen molar-refractivity contribution in [2.24, 2.45) is 0 Å². The van der Waals surface area contributed by atoms with Crippen LogP contribution in [0, 0.1) is 0 Å². The Balaban J connectivity index is 2.07. The predicted molar refractivity (Wildman–Crippen MR) is 106 cm³/mol. The molecule has 0 N–H and O–H groups in total. The van der Waals surface area contributed by atoms with Gasteiger partial charge in [0.1, 0.15) is 11.3 Å². The highest BCUT2D eigenvalue weighted by Gasteiger charge is 2.19. The lowest BCUT2D eigenvalue weighted by atomic mass is 9.98. The van der Waals surface area contributed by atoms with Crippen LogP contribution in [0.1, 0.15) is 0 Å². The second-order valence-corrected chi connectivity index (χ2v) is 6.07. The van der Waals surface area contributed by atoms with Gasteiger partial charge in [0.15, 0.2) is 11.5 Å². The molecule has 4 heteroatoms. The van der Waals surface area contributed by atoms with Gasteiger partial charge in [0, 0.05) is 5.56 Å². The molecule has 0 atom stereocenters. The van der Waals surface area contributed by atoms with Gasteiger partial charge in [0.25, 0.3) is 0 Å². The van der Waals surface area contributed by atoms with Gasteiger partial charge < -0.3 is 13.9 Å². The zero-order chi connectivity index (χ0) is 18.8. The molecule has 0 fully saturated rings. The van der Waals surface area contributed by atoms with Gasteiger partial charge in [-0.15, -0.1) is 0 Å². The summed E-state index contributed by atoms with van der Waals surface area (Å²) in [5.74, 6) is 1.70. The van der Waals surface area contributed by atoms with E-state index < -0.39 is 0 Å². The number of rotatable bonds is 4. The molecular weight excluding hydrogens is 340 g/mol. The largest absolute Gasteiger partial charge is 0.493 e. The standard InChI is InChI=1S/C23H18O4/c1-25-19-13-12-16(14-20(19)26-2)23-21(15-8-4-3-5-9-15)22(24)17-10-6-7-11-18(17)27-23/h3-14H,1-2H3. The second kappa shape index (κ2) is 7.00. The summed E-state index contributed by atoms with van der Waals surface area (Å²) in [5, 5.41) is 0.556. The average molecular weight is 358 g/mol. The van der Waals surface area contributed by atoms with Crippen molar-refractivity contribution in [2.75, 3.05) is 14.2 Å².